The first kappa shape index (κ1) is 22.2. The van der Waals surface area contributed by atoms with Crippen molar-refractivity contribution in [1.29, 1.82) is 0 Å². The van der Waals surface area contributed by atoms with E-state index in [0.29, 0.717) is 28.2 Å². The van der Waals surface area contributed by atoms with Crippen LogP contribution in [-0.4, -0.2) is 32.5 Å². The molecule has 1 aromatic heterocycles. The molecule has 0 aliphatic rings. The van der Waals surface area contributed by atoms with Crippen LogP contribution in [0, 0.1) is 0 Å². The van der Waals surface area contributed by atoms with Crippen LogP contribution in [0.5, 0.6) is 5.75 Å². The number of benzene rings is 2. The van der Waals surface area contributed by atoms with Crippen molar-refractivity contribution in [3.8, 4) is 5.75 Å². The SMILES string of the molecule is Cn1nnnc1SCCCNCc1cc(Cl)ccc1OCc1ccc(Cl)cc1Cl. The van der Waals surface area contributed by atoms with Gasteiger partial charge >= 0.3 is 0 Å². The first-order valence-electron chi connectivity index (χ1n) is 8.94. The van der Waals surface area contributed by atoms with E-state index in [4.69, 9.17) is 39.5 Å². The van der Waals surface area contributed by atoms with Crippen LogP contribution in [0.25, 0.3) is 0 Å². The van der Waals surface area contributed by atoms with Gasteiger partial charge in [-0.2, -0.15) is 0 Å². The molecule has 2 aromatic carbocycles. The number of ether oxygens (including phenoxy) is 1. The van der Waals surface area contributed by atoms with Gasteiger partial charge in [-0.25, -0.2) is 4.68 Å². The number of tetrazole rings is 1. The molecule has 3 aromatic rings. The predicted molar refractivity (Wildman–Crippen MR) is 118 cm³/mol. The lowest BCUT2D eigenvalue weighted by molar-refractivity contribution is 0.302. The fourth-order valence-corrected chi connectivity index (χ4v) is 4.00. The Morgan fingerprint density at radius 2 is 1.86 bits per heavy atom. The zero-order valence-corrected chi connectivity index (χ0v) is 18.8. The molecule has 3 rings (SSSR count). The Balaban J connectivity index is 1.48. The lowest BCUT2D eigenvalue weighted by Gasteiger charge is -2.14. The third kappa shape index (κ3) is 6.76. The summed E-state index contributed by atoms with van der Waals surface area (Å²) in [5, 5.41) is 17.5. The highest BCUT2D eigenvalue weighted by atomic mass is 35.5. The fourth-order valence-electron chi connectivity index (χ4n) is 2.55. The lowest BCUT2D eigenvalue weighted by Crippen LogP contribution is -2.16. The van der Waals surface area contributed by atoms with Crippen LogP contribution in [-0.2, 0) is 20.2 Å². The van der Waals surface area contributed by atoms with Crippen LogP contribution in [0.1, 0.15) is 17.5 Å². The molecule has 0 fully saturated rings. The van der Waals surface area contributed by atoms with Crippen molar-refractivity contribution < 1.29 is 4.74 Å². The summed E-state index contributed by atoms with van der Waals surface area (Å²) in [5.41, 5.74) is 1.87. The van der Waals surface area contributed by atoms with Gasteiger partial charge in [-0.15, -0.1) is 5.10 Å². The minimum atomic E-state index is 0.354. The van der Waals surface area contributed by atoms with Crippen LogP contribution in [0.4, 0.5) is 0 Å². The van der Waals surface area contributed by atoms with Crippen molar-refractivity contribution >= 4 is 46.6 Å². The van der Waals surface area contributed by atoms with Crippen LogP contribution in [0.3, 0.4) is 0 Å². The Hall–Kier alpha value is -1.51. The average Bonchev–Trinajstić information content (AvgIpc) is 3.10. The van der Waals surface area contributed by atoms with E-state index in [1.54, 1.807) is 28.6 Å². The molecule has 10 heteroatoms. The Morgan fingerprint density at radius 3 is 2.62 bits per heavy atom. The fraction of sp³-hybridized carbons (Fsp3) is 0.316. The number of halogens is 3. The second-order valence-corrected chi connectivity index (χ2v) is 8.58. The first-order chi connectivity index (χ1) is 14.0. The van der Waals surface area contributed by atoms with Crippen molar-refractivity contribution in [1.82, 2.24) is 25.5 Å². The number of aryl methyl sites for hydroxylation is 1. The summed E-state index contributed by atoms with van der Waals surface area (Å²) in [6.45, 7) is 1.86. The quantitative estimate of drug-likeness (QED) is 0.330. The maximum atomic E-state index is 6.23. The van der Waals surface area contributed by atoms with Gasteiger partial charge in [0.15, 0.2) is 0 Å². The zero-order chi connectivity index (χ0) is 20.6. The smallest absolute Gasteiger partial charge is 0.209 e. The molecule has 0 saturated heterocycles. The van der Waals surface area contributed by atoms with E-state index >= 15 is 0 Å². The molecule has 29 heavy (non-hydrogen) atoms. The van der Waals surface area contributed by atoms with E-state index in [0.717, 1.165) is 40.8 Å². The number of hydrogen-bond acceptors (Lipinski definition) is 6. The number of nitrogens with zero attached hydrogens (tertiary/aromatic N) is 4. The van der Waals surface area contributed by atoms with E-state index in [9.17, 15) is 0 Å². The zero-order valence-electron chi connectivity index (χ0n) is 15.7. The Kier molecular flexibility index (Phi) is 8.44. The van der Waals surface area contributed by atoms with Gasteiger partial charge in [0, 0.05) is 45.5 Å². The maximum absolute atomic E-state index is 6.23. The standard InChI is InChI=1S/C19H20Cl3N5OS/c1-27-19(24-25-26-27)29-8-2-7-23-11-14-9-15(20)5-6-18(14)28-12-13-3-4-16(21)10-17(13)22/h3-6,9-10,23H,2,7-8,11-12H2,1H3. The minimum Gasteiger partial charge on any atom is -0.489 e. The van der Waals surface area contributed by atoms with Crippen LogP contribution in [0.15, 0.2) is 41.6 Å². The molecule has 0 amide bonds. The van der Waals surface area contributed by atoms with Gasteiger partial charge in [0.05, 0.1) is 0 Å². The van der Waals surface area contributed by atoms with Crippen molar-refractivity contribution in [3.63, 3.8) is 0 Å². The topological polar surface area (TPSA) is 64.9 Å². The highest BCUT2D eigenvalue weighted by molar-refractivity contribution is 7.99. The maximum Gasteiger partial charge on any atom is 0.209 e. The van der Waals surface area contributed by atoms with Gasteiger partial charge in [0.25, 0.3) is 0 Å². The highest BCUT2D eigenvalue weighted by Gasteiger charge is 2.08. The summed E-state index contributed by atoms with van der Waals surface area (Å²) < 4.78 is 7.65. The summed E-state index contributed by atoms with van der Waals surface area (Å²) in [4.78, 5) is 0. The first-order valence-corrected chi connectivity index (χ1v) is 11.1. The monoisotopic (exact) mass is 471 g/mol. The molecule has 0 spiro atoms. The lowest BCUT2D eigenvalue weighted by atomic mass is 10.2. The second kappa shape index (κ2) is 11.0. The second-order valence-electron chi connectivity index (χ2n) is 6.24. The summed E-state index contributed by atoms with van der Waals surface area (Å²) in [6, 6.07) is 11.0. The summed E-state index contributed by atoms with van der Waals surface area (Å²) in [7, 11) is 1.83. The van der Waals surface area contributed by atoms with Crippen LogP contribution in [0.2, 0.25) is 15.1 Å². The number of hydrogen-bond donors (Lipinski definition) is 1. The number of rotatable bonds is 10. The Morgan fingerprint density at radius 1 is 1.07 bits per heavy atom. The highest BCUT2D eigenvalue weighted by Crippen LogP contribution is 2.26. The van der Waals surface area contributed by atoms with E-state index in [2.05, 4.69) is 20.8 Å². The summed E-state index contributed by atoms with van der Waals surface area (Å²) in [5.74, 6) is 1.70. The van der Waals surface area contributed by atoms with Gasteiger partial charge in [0.2, 0.25) is 5.16 Å². The van der Waals surface area contributed by atoms with Crippen molar-refractivity contribution in [3.05, 3.63) is 62.6 Å². The molecular weight excluding hydrogens is 453 g/mol. The Labute approximate surface area is 188 Å². The summed E-state index contributed by atoms with van der Waals surface area (Å²) >= 11 is 20.0. The molecule has 0 unspecified atom stereocenters. The molecule has 0 atom stereocenters. The van der Waals surface area contributed by atoms with Gasteiger partial charge in [-0.3, -0.25) is 0 Å². The van der Waals surface area contributed by atoms with Crippen molar-refractivity contribution in [2.45, 2.75) is 24.7 Å². The Bertz CT molecular complexity index is 953. The third-order valence-electron chi connectivity index (χ3n) is 4.05. The molecule has 1 N–H and O–H groups in total. The van der Waals surface area contributed by atoms with E-state index in [1.165, 1.54) is 0 Å². The van der Waals surface area contributed by atoms with Gasteiger partial charge in [-0.1, -0.05) is 52.6 Å². The normalized spacial score (nSPS) is 11.0. The molecule has 0 radical (unpaired) electrons. The average molecular weight is 473 g/mol. The molecule has 0 aliphatic carbocycles. The van der Waals surface area contributed by atoms with E-state index < -0.39 is 0 Å². The largest absolute Gasteiger partial charge is 0.489 e. The van der Waals surface area contributed by atoms with Gasteiger partial charge in [0.1, 0.15) is 12.4 Å². The van der Waals surface area contributed by atoms with Gasteiger partial charge < -0.3 is 10.1 Å². The minimum absolute atomic E-state index is 0.354. The van der Waals surface area contributed by atoms with Crippen LogP contribution >= 0.6 is 46.6 Å². The number of aromatic nitrogens is 4. The van der Waals surface area contributed by atoms with Crippen LogP contribution < -0.4 is 10.1 Å². The molecule has 0 bridgehead atoms. The van der Waals surface area contributed by atoms with Gasteiger partial charge in [-0.05, 0) is 53.7 Å². The molecule has 6 nitrogen and oxygen atoms in total. The third-order valence-corrected chi connectivity index (χ3v) is 5.97. The molecule has 0 saturated carbocycles. The molecule has 154 valence electrons. The number of nitrogens with one attached hydrogen (secondary N) is 1. The number of thioether (sulfide) groups is 1. The predicted octanol–water partition coefficient (Wildman–Crippen LogP) is 5.02. The molecular formula is C19H20Cl3N5OS. The van der Waals surface area contributed by atoms with E-state index in [-0.39, 0.29) is 0 Å². The summed E-state index contributed by atoms with van der Waals surface area (Å²) in [6.07, 6.45) is 0.981. The van der Waals surface area contributed by atoms with E-state index in [1.807, 2.05) is 31.3 Å². The van der Waals surface area contributed by atoms with Crippen molar-refractivity contribution in [2.24, 2.45) is 7.05 Å². The molecule has 1 heterocycles. The van der Waals surface area contributed by atoms with Crippen molar-refractivity contribution in [2.75, 3.05) is 12.3 Å². The molecule has 0 aliphatic heterocycles.